The molecule has 3 aromatic rings. The average molecular weight is 471 g/mol. The minimum absolute atomic E-state index is 0.0844. The van der Waals surface area contributed by atoms with E-state index in [9.17, 15) is 23.3 Å². The molecule has 34 heavy (non-hydrogen) atoms. The fourth-order valence-electron chi connectivity index (χ4n) is 3.35. The van der Waals surface area contributed by atoms with E-state index in [1.165, 1.54) is 7.11 Å². The summed E-state index contributed by atoms with van der Waals surface area (Å²) < 4.78 is 45.3. The second kappa shape index (κ2) is 8.78. The molecule has 1 aliphatic carbocycles. The standard InChI is InChI=1S/C23H20F3N5O3/c1-12(16-8-17(23(24,25)26)11-18(9-16)31(32)33)27-20-19-10-15(7-6-14-4-5-14)22(34-3)30-21(19)29-13(2)28-20/h8-12,14H,4-5H2,1-3H3,(H,27,28,29,30)/t12-/m1/s1. The summed E-state index contributed by atoms with van der Waals surface area (Å²) in [5, 5.41) is 14.8. The molecule has 2 aromatic heterocycles. The SMILES string of the molecule is COc1nc2nc(C)nc(N[C@H](C)c3cc([N+](=O)[O-])cc(C(F)(F)F)c3)c2cc1C#CC1CC1. The number of ether oxygens (including phenoxy) is 1. The van der Waals surface area contributed by atoms with Crippen molar-refractivity contribution >= 4 is 22.5 Å². The van der Waals surface area contributed by atoms with Gasteiger partial charge in [0.15, 0.2) is 5.65 Å². The van der Waals surface area contributed by atoms with Gasteiger partial charge >= 0.3 is 6.18 Å². The maximum absolute atomic E-state index is 13.3. The zero-order valence-corrected chi connectivity index (χ0v) is 18.5. The van der Waals surface area contributed by atoms with Crippen LogP contribution in [0.1, 0.15) is 48.3 Å². The monoisotopic (exact) mass is 471 g/mol. The van der Waals surface area contributed by atoms with Gasteiger partial charge in [0.1, 0.15) is 11.6 Å². The number of benzene rings is 1. The van der Waals surface area contributed by atoms with Crippen molar-refractivity contribution in [3.8, 4) is 17.7 Å². The van der Waals surface area contributed by atoms with Crippen LogP contribution in [-0.2, 0) is 6.18 Å². The Morgan fingerprint density at radius 3 is 2.56 bits per heavy atom. The first-order chi connectivity index (χ1) is 16.0. The number of hydrogen-bond acceptors (Lipinski definition) is 7. The van der Waals surface area contributed by atoms with E-state index in [0.29, 0.717) is 46.1 Å². The van der Waals surface area contributed by atoms with Crippen LogP contribution < -0.4 is 10.1 Å². The lowest BCUT2D eigenvalue weighted by Gasteiger charge is -2.18. The van der Waals surface area contributed by atoms with Gasteiger partial charge in [-0.1, -0.05) is 11.8 Å². The molecule has 8 nitrogen and oxygen atoms in total. The molecule has 4 rings (SSSR count). The Morgan fingerprint density at radius 1 is 1.21 bits per heavy atom. The highest BCUT2D eigenvalue weighted by molar-refractivity contribution is 5.88. The minimum atomic E-state index is -4.73. The highest BCUT2D eigenvalue weighted by Gasteiger charge is 2.33. The Bertz CT molecular complexity index is 1340. The van der Waals surface area contributed by atoms with Gasteiger partial charge in [0.05, 0.1) is 34.6 Å². The molecule has 0 amide bonds. The van der Waals surface area contributed by atoms with Gasteiger partial charge in [-0.3, -0.25) is 10.1 Å². The number of aryl methyl sites for hydroxylation is 1. The van der Waals surface area contributed by atoms with Gasteiger partial charge in [-0.15, -0.1) is 0 Å². The third-order valence-corrected chi connectivity index (χ3v) is 5.28. The van der Waals surface area contributed by atoms with Crippen molar-refractivity contribution in [1.29, 1.82) is 0 Å². The number of aromatic nitrogens is 3. The molecule has 1 aromatic carbocycles. The van der Waals surface area contributed by atoms with Crippen molar-refractivity contribution in [3.63, 3.8) is 0 Å². The molecule has 0 bridgehead atoms. The topological polar surface area (TPSA) is 103 Å². The largest absolute Gasteiger partial charge is 0.480 e. The van der Waals surface area contributed by atoms with Gasteiger partial charge in [0, 0.05) is 18.1 Å². The number of methoxy groups -OCH3 is 1. The van der Waals surface area contributed by atoms with Crippen LogP contribution in [0.2, 0.25) is 0 Å². The van der Waals surface area contributed by atoms with E-state index in [1.54, 1.807) is 19.9 Å². The summed E-state index contributed by atoms with van der Waals surface area (Å²) in [7, 11) is 1.48. The lowest BCUT2D eigenvalue weighted by molar-refractivity contribution is -0.385. The molecule has 1 fully saturated rings. The summed E-state index contributed by atoms with van der Waals surface area (Å²) in [6.07, 6.45) is -2.63. The number of pyridine rings is 1. The van der Waals surface area contributed by atoms with Crippen LogP contribution >= 0.6 is 0 Å². The van der Waals surface area contributed by atoms with Crippen molar-refractivity contribution in [2.75, 3.05) is 12.4 Å². The van der Waals surface area contributed by atoms with Gasteiger partial charge in [-0.2, -0.15) is 18.2 Å². The predicted molar refractivity (Wildman–Crippen MR) is 118 cm³/mol. The van der Waals surface area contributed by atoms with E-state index < -0.39 is 28.4 Å². The van der Waals surface area contributed by atoms with Crippen LogP contribution in [0.25, 0.3) is 11.0 Å². The zero-order valence-electron chi connectivity index (χ0n) is 18.5. The summed E-state index contributed by atoms with van der Waals surface area (Å²) in [6, 6.07) is 3.48. The second-order valence-corrected chi connectivity index (χ2v) is 8.01. The normalized spacial score (nSPS) is 14.3. The quantitative estimate of drug-likeness (QED) is 0.310. The molecule has 0 unspecified atom stereocenters. The van der Waals surface area contributed by atoms with Crippen LogP contribution in [0.4, 0.5) is 24.7 Å². The molecule has 1 atom stereocenters. The van der Waals surface area contributed by atoms with Crippen molar-refractivity contribution in [1.82, 2.24) is 15.0 Å². The zero-order chi connectivity index (χ0) is 24.6. The molecular weight excluding hydrogens is 451 g/mol. The maximum Gasteiger partial charge on any atom is 0.416 e. The molecule has 176 valence electrons. The highest BCUT2D eigenvalue weighted by atomic mass is 19.4. The van der Waals surface area contributed by atoms with Crippen LogP contribution in [0, 0.1) is 34.8 Å². The highest BCUT2D eigenvalue weighted by Crippen LogP contribution is 2.35. The molecule has 1 N–H and O–H groups in total. The first-order valence-corrected chi connectivity index (χ1v) is 10.4. The number of hydrogen-bond donors (Lipinski definition) is 1. The number of nitro groups is 1. The van der Waals surface area contributed by atoms with Gasteiger partial charge < -0.3 is 10.1 Å². The summed E-state index contributed by atoms with van der Waals surface area (Å²) >= 11 is 0. The lowest BCUT2D eigenvalue weighted by Crippen LogP contribution is -2.13. The second-order valence-electron chi connectivity index (χ2n) is 8.01. The Kier molecular flexibility index (Phi) is 6.00. The maximum atomic E-state index is 13.3. The van der Waals surface area contributed by atoms with Gasteiger partial charge in [-0.25, -0.2) is 9.97 Å². The van der Waals surface area contributed by atoms with Gasteiger partial charge in [0.2, 0.25) is 5.88 Å². The number of rotatable bonds is 5. The first kappa shape index (κ1) is 23.2. The Balaban J connectivity index is 1.77. The molecule has 0 saturated heterocycles. The Morgan fingerprint density at radius 2 is 1.94 bits per heavy atom. The van der Waals surface area contributed by atoms with E-state index in [4.69, 9.17) is 4.74 Å². The number of anilines is 1. The minimum Gasteiger partial charge on any atom is -0.480 e. The molecule has 1 aliphatic rings. The van der Waals surface area contributed by atoms with E-state index in [0.717, 1.165) is 25.0 Å². The summed E-state index contributed by atoms with van der Waals surface area (Å²) in [6.45, 7) is 3.24. The number of nitrogens with one attached hydrogen (secondary N) is 1. The first-order valence-electron chi connectivity index (χ1n) is 10.4. The number of nitro benzene ring substituents is 1. The van der Waals surface area contributed by atoms with Crippen molar-refractivity contribution in [2.24, 2.45) is 5.92 Å². The van der Waals surface area contributed by atoms with Gasteiger partial charge in [-0.05, 0) is 44.4 Å². The lowest BCUT2D eigenvalue weighted by atomic mass is 10.0. The number of non-ortho nitro benzene ring substituents is 1. The fraction of sp³-hybridized carbons (Fsp3) is 0.348. The molecule has 2 heterocycles. The van der Waals surface area contributed by atoms with Gasteiger partial charge in [0.25, 0.3) is 5.69 Å². The molecule has 1 saturated carbocycles. The molecule has 0 aliphatic heterocycles. The van der Waals surface area contributed by atoms with Crippen LogP contribution in [0.15, 0.2) is 24.3 Å². The number of nitrogens with zero attached hydrogens (tertiary/aromatic N) is 4. The van der Waals surface area contributed by atoms with E-state index >= 15 is 0 Å². The smallest absolute Gasteiger partial charge is 0.416 e. The third kappa shape index (κ3) is 5.01. The van der Waals surface area contributed by atoms with Crippen LogP contribution in [0.5, 0.6) is 5.88 Å². The molecule has 0 radical (unpaired) electrons. The van der Waals surface area contributed by atoms with Crippen molar-refractivity contribution in [3.05, 3.63) is 56.9 Å². The van der Waals surface area contributed by atoms with Crippen LogP contribution in [-0.4, -0.2) is 27.0 Å². The van der Waals surface area contributed by atoms with E-state index in [1.807, 2.05) is 0 Å². The van der Waals surface area contributed by atoms with Crippen molar-refractivity contribution < 1.29 is 22.8 Å². The Labute approximate surface area is 192 Å². The molecule has 11 heteroatoms. The number of fused-ring (bicyclic) bond motifs is 1. The van der Waals surface area contributed by atoms with E-state index in [-0.39, 0.29) is 5.56 Å². The summed E-state index contributed by atoms with van der Waals surface area (Å²) in [5.41, 5.74) is -0.795. The molecular formula is C23H20F3N5O3. The molecule has 0 spiro atoms. The van der Waals surface area contributed by atoms with Crippen molar-refractivity contribution in [2.45, 2.75) is 38.9 Å². The number of alkyl halides is 3. The average Bonchev–Trinajstić information content (AvgIpc) is 3.60. The van der Waals surface area contributed by atoms with Crippen LogP contribution in [0.3, 0.4) is 0 Å². The summed E-state index contributed by atoms with van der Waals surface area (Å²) in [5.74, 6) is 7.57. The number of halogens is 3. The fourth-order valence-corrected chi connectivity index (χ4v) is 3.35. The van der Waals surface area contributed by atoms with E-state index in [2.05, 4.69) is 32.1 Å². The predicted octanol–water partition coefficient (Wildman–Crippen LogP) is 5.20. The Hall–Kier alpha value is -3.94. The third-order valence-electron chi connectivity index (χ3n) is 5.28. The summed E-state index contributed by atoms with van der Waals surface area (Å²) in [4.78, 5) is 23.5.